The summed E-state index contributed by atoms with van der Waals surface area (Å²) in [5.74, 6) is 2.10. The van der Waals surface area contributed by atoms with E-state index in [1.807, 2.05) is 0 Å². The molecule has 1 aromatic rings. The molecule has 19 heavy (non-hydrogen) atoms. The van der Waals surface area contributed by atoms with Crippen molar-refractivity contribution < 1.29 is 4.52 Å². The lowest BCUT2D eigenvalue weighted by Gasteiger charge is -2.35. The van der Waals surface area contributed by atoms with Crippen LogP contribution in [-0.4, -0.2) is 60.2 Å². The summed E-state index contributed by atoms with van der Waals surface area (Å²) in [6.45, 7) is 9.05. The highest BCUT2D eigenvalue weighted by atomic mass is 16.5. The van der Waals surface area contributed by atoms with Crippen molar-refractivity contribution in [1.29, 1.82) is 0 Å². The Bertz CT molecular complexity index is 392. The first-order valence-electron chi connectivity index (χ1n) is 6.98. The largest absolute Gasteiger partial charge is 0.338 e. The van der Waals surface area contributed by atoms with Crippen LogP contribution < -0.4 is 5.32 Å². The summed E-state index contributed by atoms with van der Waals surface area (Å²) in [5, 5.41) is 7.45. The molecule has 0 radical (unpaired) electrons. The van der Waals surface area contributed by atoms with Gasteiger partial charge in [-0.3, -0.25) is 4.90 Å². The predicted octanol–water partition coefficient (Wildman–Crippen LogP) is 0.734. The fraction of sp³-hybridized carbons (Fsp3) is 0.846. The van der Waals surface area contributed by atoms with Gasteiger partial charge in [0.2, 0.25) is 5.89 Å². The zero-order valence-corrected chi connectivity index (χ0v) is 12.4. The Morgan fingerprint density at radius 1 is 1.37 bits per heavy atom. The highest BCUT2D eigenvalue weighted by Crippen LogP contribution is 2.20. The van der Waals surface area contributed by atoms with Crippen molar-refractivity contribution in [1.82, 2.24) is 25.3 Å². The quantitative estimate of drug-likeness (QED) is 0.849. The van der Waals surface area contributed by atoms with Crippen molar-refractivity contribution in [2.24, 2.45) is 5.92 Å². The third-order valence-corrected chi connectivity index (χ3v) is 3.46. The molecule has 1 N–H and O–H groups in total. The number of likely N-dealkylation sites (N-methyl/N-ethyl adjacent to an activating group) is 2. The SMILES string of the molecule is CC(C)CNCc1nc(C2CN(C)CCN2C)no1. The zero-order chi connectivity index (χ0) is 13.8. The van der Waals surface area contributed by atoms with Gasteiger partial charge in [-0.2, -0.15) is 4.98 Å². The number of piperazine rings is 1. The summed E-state index contributed by atoms with van der Waals surface area (Å²) >= 11 is 0. The molecule has 0 amide bonds. The van der Waals surface area contributed by atoms with Crippen molar-refractivity contribution in [3.63, 3.8) is 0 Å². The average Bonchev–Trinajstić information content (AvgIpc) is 2.80. The van der Waals surface area contributed by atoms with E-state index in [9.17, 15) is 0 Å². The molecule has 1 aromatic heterocycles. The maximum absolute atomic E-state index is 5.31. The number of nitrogens with one attached hydrogen (secondary N) is 1. The lowest BCUT2D eigenvalue weighted by Crippen LogP contribution is -2.45. The minimum Gasteiger partial charge on any atom is -0.338 e. The number of hydrogen-bond donors (Lipinski definition) is 1. The van der Waals surface area contributed by atoms with Gasteiger partial charge in [-0.1, -0.05) is 19.0 Å². The van der Waals surface area contributed by atoms with E-state index in [0.717, 1.165) is 32.0 Å². The van der Waals surface area contributed by atoms with E-state index < -0.39 is 0 Å². The van der Waals surface area contributed by atoms with Gasteiger partial charge in [0.05, 0.1) is 12.6 Å². The van der Waals surface area contributed by atoms with Crippen LogP contribution in [0.25, 0.3) is 0 Å². The van der Waals surface area contributed by atoms with Crippen molar-refractivity contribution >= 4 is 0 Å². The predicted molar refractivity (Wildman–Crippen MR) is 73.7 cm³/mol. The van der Waals surface area contributed by atoms with Gasteiger partial charge in [0.1, 0.15) is 0 Å². The monoisotopic (exact) mass is 267 g/mol. The molecule has 0 spiro atoms. The maximum Gasteiger partial charge on any atom is 0.240 e. The summed E-state index contributed by atoms with van der Waals surface area (Å²) in [5.41, 5.74) is 0. The zero-order valence-electron chi connectivity index (χ0n) is 12.4. The van der Waals surface area contributed by atoms with Gasteiger partial charge in [-0.05, 0) is 26.6 Å². The van der Waals surface area contributed by atoms with Crippen LogP contribution in [0.2, 0.25) is 0 Å². The standard InChI is InChI=1S/C13H25N5O/c1-10(2)7-14-8-12-15-13(16-19-12)11-9-17(3)5-6-18(11)4/h10-11,14H,5-9H2,1-4H3. The molecule has 1 aliphatic heterocycles. The van der Waals surface area contributed by atoms with Crippen LogP contribution in [0.5, 0.6) is 0 Å². The van der Waals surface area contributed by atoms with E-state index in [-0.39, 0.29) is 6.04 Å². The molecule has 6 nitrogen and oxygen atoms in total. The minimum absolute atomic E-state index is 0.237. The summed E-state index contributed by atoms with van der Waals surface area (Å²) in [7, 11) is 4.25. The lowest BCUT2D eigenvalue weighted by molar-refractivity contribution is 0.108. The van der Waals surface area contributed by atoms with E-state index in [4.69, 9.17) is 4.52 Å². The van der Waals surface area contributed by atoms with Crippen LogP contribution in [0.1, 0.15) is 31.6 Å². The van der Waals surface area contributed by atoms with Crippen molar-refractivity contribution in [2.75, 3.05) is 40.3 Å². The molecule has 1 unspecified atom stereocenters. The number of rotatable bonds is 5. The summed E-state index contributed by atoms with van der Waals surface area (Å²) in [4.78, 5) is 9.10. The Morgan fingerprint density at radius 2 is 2.16 bits per heavy atom. The van der Waals surface area contributed by atoms with Crippen LogP contribution in [0.3, 0.4) is 0 Å². The highest BCUT2D eigenvalue weighted by Gasteiger charge is 2.27. The van der Waals surface area contributed by atoms with E-state index >= 15 is 0 Å². The molecule has 2 rings (SSSR count). The fourth-order valence-corrected chi connectivity index (χ4v) is 2.23. The fourth-order valence-electron chi connectivity index (χ4n) is 2.23. The van der Waals surface area contributed by atoms with Crippen LogP contribution in [0, 0.1) is 5.92 Å². The van der Waals surface area contributed by atoms with Gasteiger partial charge in [-0.15, -0.1) is 0 Å². The molecule has 0 aliphatic carbocycles. The molecule has 1 saturated heterocycles. The molecule has 0 saturated carbocycles. The smallest absolute Gasteiger partial charge is 0.240 e. The first kappa shape index (κ1) is 14.4. The highest BCUT2D eigenvalue weighted by molar-refractivity contribution is 4.97. The van der Waals surface area contributed by atoms with E-state index in [1.54, 1.807) is 0 Å². The second-order valence-electron chi connectivity index (χ2n) is 5.83. The van der Waals surface area contributed by atoms with Crippen molar-refractivity contribution in [3.05, 3.63) is 11.7 Å². The molecule has 2 heterocycles. The molecule has 1 fully saturated rings. The molecule has 0 bridgehead atoms. The minimum atomic E-state index is 0.237. The van der Waals surface area contributed by atoms with Gasteiger partial charge in [-0.25, -0.2) is 0 Å². The Hall–Kier alpha value is -0.980. The first-order valence-corrected chi connectivity index (χ1v) is 6.98. The van der Waals surface area contributed by atoms with E-state index in [2.05, 4.69) is 53.2 Å². The molecule has 1 aliphatic rings. The maximum atomic E-state index is 5.31. The number of nitrogens with zero attached hydrogens (tertiary/aromatic N) is 4. The topological polar surface area (TPSA) is 57.4 Å². The third kappa shape index (κ3) is 3.99. The normalized spacial score (nSPS) is 22.3. The third-order valence-electron chi connectivity index (χ3n) is 3.46. The van der Waals surface area contributed by atoms with Crippen molar-refractivity contribution in [2.45, 2.75) is 26.4 Å². The number of hydrogen-bond acceptors (Lipinski definition) is 6. The summed E-state index contributed by atoms with van der Waals surface area (Å²) in [6, 6.07) is 0.237. The Kier molecular flexibility index (Phi) is 4.90. The van der Waals surface area contributed by atoms with Gasteiger partial charge >= 0.3 is 0 Å². The van der Waals surface area contributed by atoms with Gasteiger partial charge in [0.25, 0.3) is 0 Å². The van der Waals surface area contributed by atoms with Gasteiger partial charge in [0, 0.05) is 19.6 Å². The lowest BCUT2D eigenvalue weighted by atomic mass is 10.2. The molecule has 108 valence electrons. The molecule has 1 atom stereocenters. The van der Waals surface area contributed by atoms with E-state index in [1.165, 1.54) is 0 Å². The second-order valence-corrected chi connectivity index (χ2v) is 5.83. The first-order chi connectivity index (χ1) is 9.06. The Balaban J connectivity index is 1.92. The van der Waals surface area contributed by atoms with Crippen LogP contribution >= 0.6 is 0 Å². The average molecular weight is 267 g/mol. The molecule has 6 heteroatoms. The molecular formula is C13H25N5O. The van der Waals surface area contributed by atoms with Gasteiger partial charge in [0.15, 0.2) is 5.82 Å². The van der Waals surface area contributed by atoms with Crippen molar-refractivity contribution in [3.8, 4) is 0 Å². The van der Waals surface area contributed by atoms with E-state index in [0.29, 0.717) is 18.4 Å². The number of aromatic nitrogens is 2. The summed E-state index contributed by atoms with van der Waals surface area (Å²) in [6.07, 6.45) is 0. The molecular weight excluding hydrogens is 242 g/mol. The Morgan fingerprint density at radius 3 is 2.89 bits per heavy atom. The van der Waals surface area contributed by atoms with Crippen LogP contribution in [-0.2, 0) is 6.54 Å². The second kappa shape index (κ2) is 6.45. The van der Waals surface area contributed by atoms with Gasteiger partial charge < -0.3 is 14.7 Å². The Labute approximate surface area is 115 Å². The van der Waals surface area contributed by atoms with Crippen LogP contribution in [0.4, 0.5) is 0 Å². The summed E-state index contributed by atoms with van der Waals surface area (Å²) < 4.78 is 5.31. The molecule has 0 aromatic carbocycles. The van der Waals surface area contributed by atoms with Crippen LogP contribution in [0.15, 0.2) is 4.52 Å².